The van der Waals surface area contributed by atoms with E-state index in [4.69, 9.17) is 11.6 Å². The summed E-state index contributed by atoms with van der Waals surface area (Å²) in [4.78, 5) is 9.11. The molecule has 0 saturated heterocycles. The first kappa shape index (κ1) is 11.0. The first-order valence-corrected chi connectivity index (χ1v) is 6.68. The molecular weight excluding hydrogens is 262 g/mol. The summed E-state index contributed by atoms with van der Waals surface area (Å²) < 4.78 is 1.77. The maximum Gasteiger partial charge on any atom is 0.226 e. The number of benzene rings is 1. The fourth-order valence-corrected chi connectivity index (χ4v) is 2.36. The molecule has 1 fully saturated rings. The summed E-state index contributed by atoms with van der Waals surface area (Å²) in [5, 5.41) is 9.41. The highest BCUT2D eigenvalue weighted by Gasteiger charge is 2.23. The van der Waals surface area contributed by atoms with Crippen molar-refractivity contribution in [2.45, 2.75) is 25.8 Å². The Morgan fingerprint density at radius 3 is 2.95 bits per heavy atom. The number of halogens is 1. The Labute approximate surface area is 114 Å². The molecule has 0 unspecified atom stereocenters. The molecule has 19 heavy (non-hydrogen) atoms. The molecule has 0 radical (unpaired) electrons. The van der Waals surface area contributed by atoms with Crippen molar-refractivity contribution in [2.75, 3.05) is 5.32 Å². The quantitative estimate of drug-likeness (QED) is 0.780. The highest BCUT2D eigenvalue weighted by atomic mass is 35.5. The van der Waals surface area contributed by atoms with E-state index in [-0.39, 0.29) is 0 Å². The summed E-state index contributed by atoms with van der Waals surface area (Å²) in [7, 11) is 0. The van der Waals surface area contributed by atoms with E-state index in [0.717, 1.165) is 28.3 Å². The summed E-state index contributed by atoms with van der Waals surface area (Å²) in [6.45, 7) is 1.88. The highest BCUT2D eigenvalue weighted by molar-refractivity contribution is 6.31. The van der Waals surface area contributed by atoms with E-state index < -0.39 is 0 Å². The van der Waals surface area contributed by atoms with E-state index >= 15 is 0 Å². The smallest absolute Gasteiger partial charge is 0.226 e. The Hall–Kier alpha value is -1.88. The van der Waals surface area contributed by atoms with Crippen LogP contribution < -0.4 is 5.32 Å². The van der Waals surface area contributed by atoms with Crippen molar-refractivity contribution in [2.24, 2.45) is 0 Å². The SMILES string of the molecule is Cc1nc2c3cc(Cl)ccc3nc(NC3CC3)n2n1. The molecule has 5 nitrogen and oxygen atoms in total. The van der Waals surface area contributed by atoms with Crippen LogP contribution in [0.5, 0.6) is 0 Å². The first-order chi connectivity index (χ1) is 9.20. The molecule has 1 aromatic carbocycles. The van der Waals surface area contributed by atoms with E-state index in [1.54, 1.807) is 4.52 Å². The molecule has 0 aliphatic heterocycles. The van der Waals surface area contributed by atoms with E-state index in [2.05, 4.69) is 20.4 Å². The number of nitrogens with zero attached hydrogens (tertiary/aromatic N) is 4. The van der Waals surface area contributed by atoms with E-state index in [9.17, 15) is 0 Å². The van der Waals surface area contributed by atoms with Gasteiger partial charge in [0.2, 0.25) is 5.95 Å². The first-order valence-electron chi connectivity index (χ1n) is 6.30. The van der Waals surface area contributed by atoms with Crippen LogP contribution in [-0.2, 0) is 0 Å². The Bertz CT molecular complexity index is 790. The number of aromatic nitrogens is 4. The molecule has 2 aromatic heterocycles. The van der Waals surface area contributed by atoms with Gasteiger partial charge in [0, 0.05) is 16.5 Å². The zero-order chi connectivity index (χ0) is 13.0. The van der Waals surface area contributed by atoms with Gasteiger partial charge >= 0.3 is 0 Å². The average Bonchev–Trinajstić information content (AvgIpc) is 3.10. The van der Waals surface area contributed by atoms with Gasteiger partial charge < -0.3 is 5.32 Å². The Balaban J connectivity index is 2.06. The molecule has 1 N–H and O–H groups in total. The van der Waals surface area contributed by atoms with Gasteiger partial charge in [0.25, 0.3) is 0 Å². The third-order valence-corrected chi connectivity index (χ3v) is 3.49. The second-order valence-electron chi connectivity index (χ2n) is 4.91. The van der Waals surface area contributed by atoms with Gasteiger partial charge in [-0.25, -0.2) is 9.97 Å². The minimum Gasteiger partial charge on any atom is -0.351 e. The van der Waals surface area contributed by atoms with Crippen LogP contribution in [0.25, 0.3) is 16.6 Å². The lowest BCUT2D eigenvalue weighted by Gasteiger charge is -2.08. The van der Waals surface area contributed by atoms with Crippen molar-refractivity contribution in [1.82, 2.24) is 19.6 Å². The lowest BCUT2D eigenvalue weighted by atomic mass is 10.2. The monoisotopic (exact) mass is 273 g/mol. The molecule has 4 rings (SSSR count). The standard InChI is InChI=1S/C13H12ClN5/c1-7-15-12-10-6-8(14)2-5-11(10)17-13(19(12)18-7)16-9-3-4-9/h2,5-6,9H,3-4H2,1H3,(H,16,17). The van der Waals surface area contributed by atoms with Crippen LogP contribution in [0, 0.1) is 6.92 Å². The van der Waals surface area contributed by atoms with Gasteiger partial charge in [-0.1, -0.05) is 11.6 Å². The van der Waals surface area contributed by atoms with Crippen LogP contribution >= 0.6 is 11.6 Å². The van der Waals surface area contributed by atoms with Gasteiger partial charge in [-0.2, -0.15) is 4.52 Å². The number of fused-ring (bicyclic) bond motifs is 3. The molecule has 3 aromatic rings. The summed E-state index contributed by atoms with van der Waals surface area (Å²) in [5.41, 5.74) is 1.68. The Morgan fingerprint density at radius 1 is 1.32 bits per heavy atom. The fourth-order valence-electron chi connectivity index (χ4n) is 2.19. The molecule has 6 heteroatoms. The number of hydrogen-bond acceptors (Lipinski definition) is 4. The second-order valence-corrected chi connectivity index (χ2v) is 5.35. The van der Waals surface area contributed by atoms with Crippen LogP contribution in [0.2, 0.25) is 5.02 Å². The number of aryl methyl sites for hydroxylation is 1. The molecule has 0 amide bonds. The van der Waals surface area contributed by atoms with Gasteiger partial charge in [-0.15, -0.1) is 5.10 Å². The van der Waals surface area contributed by atoms with E-state index in [0.29, 0.717) is 11.1 Å². The summed E-state index contributed by atoms with van der Waals surface area (Å²) >= 11 is 6.06. The van der Waals surface area contributed by atoms with Crippen molar-refractivity contribution in [3.8, 4) is 0 Å². The zero-order valence-corrected chi connectivity index (χ0v) is 11.1. The van der Waals surface area contributed by atoms with E-state index in [1.807, 2.05) is 25.1 Å². The van der Waals surface area contributed by atoms with Crippen LogP contribution in [0.3, 0.4) is 0 Å². The number of hydrogen-bond donors (Lipinski definition) is 1. The summed E-state index contributed by atoms with van der Waals surface area (Å²) in [5.74, 6) is 1.49. The number of nitrogens with one attached hydrogen (secondary N) is 1. The van der Waals surface area contributed by atoms with Crippen molar-refractivity contribution in [1.29, 1.82) is 0 Å². The van der Waals surface area contributed by atoms with Crippen molar-refractivity contribution in [3.63, 3.8) is 0 Å². The molecule has 1 saturated carbocycles. The predicted molar refractivity (Wildman–Crippen MR) is 74.7 cm³/mol. The molecular formula is C13H12ClN5. The van der Waals surface area contributed by atoms with Gasteiger partial charge in [0.15, 0.2) is 5.65 Å². The Morgan fingerprint density at radius 2 is 2.16 bits per heavy atom. The van der Waals surface area contributed by atoms with Gasteiger partial charge in [-0.3, -0.25) is 0 Å². The topological polar surface area (TPSA) is 55.1 Å². The predicted octanol–water partition coefficient (Wildman–Crippen LogP) is 2.81. The average molecular weight is 274 g/mol. The third-order valence-electron chi connectivity index (χ3n) is 3.25. The zero-order valence-electron chi connectivity index (χ0n) is 10.4. The van der Waals surface area contributed by atoms with Crippen LogP contribution in [0.4, 0.5) is 5.95 Å². The number of rotatable bonds is 2. The lowest BCUT2D eigenvalue weighted by Crippen LogP contribution is -2.09. The van der Waals surface area contributed by atoms with Crippen molar-refractivity contribution < 1.29 is 0 Å². The summed E-state index contributed by atoms with van der Waals surface area (Å²) in [6, 6.07) is 6.16. The fraction of sp³-hybridized carbons (Fsp3) is 0.308. The minimum atomic E-state index is 0.518. The molecule has 0 bridgehead atoms. The molecule has 1 aliphatic rings. The molecule has 0 spiro atoms. The van der Waals surface area contributed by atoms with Gasteiger partial charge in [0.1, 0.15) is 5.82 Å². The largest absolute Gasteiger partial charge is 0.351 e. The van der Waals surface area contributed by atoms with Gasteiger partial charge in [-0.05, 0) is 38.0 Å². The lowest BCUT2D eigenvalue weighted by molar-refractivity contribution is 0.896. The maximum atomic E-state index is 6.06. The van der Waals surface area contributed by atoms with Crippen molar-refractivity contribution in [3.05, 3.63) is 29.0 Å². The van der Waals surface area contributed by atoms with E-state index in [1.165, 1.54) is 12.8 Å². The molecule has 1 aliphatic carbocycles. The number of anilines is 1. The Kier molecular flexibility index (Phi) is 2.20. The molecule has 96 valence electrons. The van der Waals surface area contributed by atoms with Crippen LogP contribution in [0.1, 0.15) is 18.7 Å². The maximum absolute atomic E-state index is 6.06. The van der Waals surface area contributed by atoms with Crippen molar-refractivity contribution >= 4 is 34.1 Å². The molecule has 0 atom stereocenters. The summed E-state index contributed by atoms with van der Waals surface area (Å²) in [6.07, 6.45) is 2.38. The second kappa shape index (κ2) is 3.81. The van der Waals surface area contributed by atoms with Crippen LogP contribution in [-0.4, -0.2) is 25.6 Å². The third kappa shape index (κ3) is 1.81. The highest BCUT2D eigenvalue weighted by Crippen LogP contribution is 2.27. The van der Waals surface area contributed by atoms with Gasteiger partial charge in [0.05, 0.1) is 5.52 Å². The minimum absolute atomic E-state index is 0.518. The molecule has 2 heterocycles. The normalized spacial score (nSPS) is 15.3. The van der Waals surface area contributed by atoms with Crippen LogP contribution in [0.15, 0.2) is 18.2 Å².